The van der Waals surface area contributed by atoms with Crippen LogP contribution < -0.4 is 4.74 Å². The number of azo groups is 1. The number of carbonyl (C=O) groups excluding carboxylic acids is 2. The maximum atomic E-state index is 11.4. The molecule has 0 aliphatic rings. The first-order valence-electron chi connectivity index (χ1n) is 6.49. The third-order valence-corrected chi connectivity index (χ3v) is 2.48. The summed E-state index contributed by atoms with van der Waals surface area (Å²) in [6.45, 7) is 4.11. The van der Waals surface area contributed by atoms with E-state index in [1.165, 1.54) is 0 Å². The summed E-state index contributed by atoms with van der Waals surface area (Å²) >= 11 is 0. The predicted octanol–water partition coefficient (Wildman–Crippen LogP) is 4.27. The van der Waals surface area contributed by atoms with Gasteiger partial charge >= 0.3 is 12.2 Å². The van der Waals surface area contributed by atoms with Crippen LogP contribution in [0.4, 0.5) is 9.59 Å². The summed E-state index contributed by atoms with van der Waals surface area (Å²) in [7, 11) is 0. The summed E-state index contributed by atoms with van der Waals surface area (Å²) in [5.41, 5.74) is 0.790. The zero-order chi connectivity index (χ0) is 14.8. The van der Waals surface area contributed by atoms with Crippen molar-refractivity contribution < 1.29 is 19.1 Å². The molecular weight excluding hydrogens is 260 g/mol. The van der Waals surface area contributed by atoms with Gasteiger partial charge in [-0.05, 0) is 25.0 Å². The van der Waals surface area contributed by atoms with Crippen molar-refractivity contribution in [3.05, 3.63) is 29.8 Å². The van der Waals surface area contributed by atoms with Crippen molar-refractivity contribution >= 4 is 12.2 Å². The Morgan fingerprint density at radius 1 is 1.10 bits per heavy atom. The van der Waals surface area contributed by atoms with Crippen LogP contribution in [0.15, 0.2) is 34.5 Å². The van der Waals surface area contributed by atoms with Gasteiger partial charge in [0.1, 0.15) is 5.75 Å². The highest BCUT2D eigenvalue weighted by Crippen LogP contribution is 2.16. The summed E-state index contributed by atoms with van der Waals surface area (Å²) < 4.78 is 9.69. The number of aryl methyl sites for hydroxylation is 1. The fourth-order valence-corrected chi connectivity index (χ4v) is 1.41. The Balaban J connectivity index is 2.36. The summed E-state index contributed by atoms with van der Waals surface area (Å²) in [5, 5.41) is 6.29. The molecule has 108 valence electrons. The molecule has 0 atom stereocenters. The van der Waals surface area contributed by atoms with Crippen LogP contribution in [-0.2, 0) is 4.74 Å². The number of unbranched alkanes of at least 4 members (excludes halogenated alkanes) is 2. The van der Waals surface area contributed by atoms with E-state index in [9.17, 15) is 9.59 Å². The van der Waals surface area contributed by atoms with Gasteiger partial charge in [0.2, 0.25) is 0 Å². The van der Waals surface area contributed by atoms with Gasteiger partial charge in [0.25, 0.3) is 0 Å². The Morgan fingerprint density at radius 3 is 2.50 bits per heavy atom. The molecule has 2 amide bonds. The van der Waals surface area contributed by atoms with Gasteiger partial charge < -0.3 is 9.47 Å². The first kappa shape index (κ1) is 15.8. The standard InChI is InChI=1S/C14H18N2O4/c1-3-4-7-10-19-13(17)15-16-14(18)20-12-9-6-5-8-11(12)2/h5-6,8-9H,3-4,7,10H2,1-2H3/b16-15+. The SMILES string of the molecule is CCCCCOC(=O)/N=N/C(=O)Oc1ccccc1C. The van der Waals surface area contributed by atoms with E-state index in [0.717, 1.165) is 24.8 Å². The molecule has 1 rings (SSSR count). The lowest BCUT2D eigenvalue weighted by Crippen LogP contribution is -2.05. The van der Waals surface area contributed by atoms with E-state index in [0.29, 0.717) is 5.75 Å². The van der Waals surface area contributed by atoms with E-state index in [2.05, 4.69) is 10.2 Å². The lowest BCUT2D eigenvalue weighted by Gasteiger charge is -2.02. The second kappa shape index (κ2) is 8.79. The van der Waals surface area contributed by atoms with Crippen molar-refractivity contribution in [2.75, 3.05) is 6.61 Å². The molecule has 0 aliphatic carbocycles. The van der Waals surface area contributed by atoms with E-state index in [1.54, 1.807) is 25.1 Å². The minimum absolute atomic E-state index is 0.276. The maximum absolute atomic E-state index is 11.4. The number of nitrogens with zero attached hydrogens (tertiary/aromatic N) is 2. The lowest BCUT2D eigenvalue weighted by molar-refractivity contribution is 0.152. The van der Waals surface area contributed by atoms with Crippen LogP contribution in [0.3, 0.4) is 0 Å². The number of ether oxygens (including phenoxy) is 2. The van der Waals surface area contributed by atoms with Crippen molar-refractivity contribution in [2.24, 2.45) is 10.2 Å². The smallest absolute Gasteiger partial charge is 0.447 e. The molecule has 0 aromatic heterocycles. The van der Waals surface area contributed by atoms with Crippen LogP contribution in [-0.4, -0.2) is 18.8 Å². The van der Waals surface area contributed by atoms with Crippen molar-refractivity contribution in [2.45, 2.75) is 33.1 Å². The van der Waals surface area contributed by atoms with Gasteiger partial charge in [-0.2, -0.15) is 0 Å². The normalized spacial score (nSPS) is 10.5. The molecular formula is C14H18N2O4. The third kappa shape index (κ3) is 6.08. The van der Waals surface area contributed by atoms with Crippen LogP contribution in [0.25, 0.3) is 0 Å². The summed E-state index contributed by atoms with van der Waals surface area (Å²) in [6.07, 6.45) is 0.931. The van der Waals surface area contributed by atoms with Crippen molar-refractivity contribution in [1.82, 2.24) is 0 Å². The number of hydrogen-bond donors (Lipinski definition) is 0. The zero-order valence-corrected chi connectivity index (χ0v) is 11.7. The highest BCUT2D eigenvalue weighted by Gasteiger charge is 2.07. The van der Waals surface area contributed by atoms with Crippen molar-refractivity contribution in [3.8, 4) is 5.75 Å². The van der Waals surface area contributed by atoms with Crippen LogP contribution in [0, 0.1) is 6.92 Å². The first-order valence-corrected chi connectivity index (χ1v) is 6.49. The molecule has 0 saturated heterocycles. The van der Waals surface area contributed by atoms with E-state index >= 15 is 0 Å². The average Bonchev–Trinajstić information content (AvgIpc) is 2.44. The molecule has 0 unspecified atom stereocenters. The average molecular weight is 278 g/mol. The topological polar surface area (TPSA) is 77.3 Å². The highest BCUT2D eigenvalue weighted by atomic mass is 16.6. The predicted molar refractivity (Wildman–Crippen MR) is 72.9 cm³/mol. The number of rotatable bonds is 5. The van der Waals surface area contributed by atoms with Crippen LogP contribution in [0.2, 0.25) is 0 Å². The highest BCUT2D eigenvalue weighted by molar-refractivity contribution is 5.74. The van der Waals surface area contributed by atoms with Gasteiger partial charge in [0.05, 0.1) is 6.61 Å². The number of amides is 2. The lowest BCUT2D eigenvalue weighted by atomic mass is 10.2. The minimum atomic E-state index is -0.954. The molecule has 20 heavy (non-hydrogen) atoms. The Bertz CT molecular complexity index is 486. The Hall–Kier alpha value is -2.24. The fraction of sp³-hybridized carbons (Fsp3) is 0.429. The van der Waals surface area contributed by atoms with Gasteiger partial charge in [0, 0.05) is 0 Å². The van der Waals surface area contributed by atoms with E-state index < -0.39 is 12.2 Å². The molecule has 1 aromatic carbocycles. The van der Waals surface area contributed by atoms with E-state index in [4.69, 9.17) is 9.47 Å². The Morgan fingerprint density at radius 2 is 1.80 bits per heavy atom. The number of hydrogen-bond acceptors (Lipinski definition) is 4. The van der Waals surface area contributed by atoms with Gasteiger partial charge in [-0.1, -0.05) is 48.2 Å². The monoisotopic (exact) mass is 278 g/mol. The second-order valence-corrected chi connectivity index (χ2v) is 4.15. The number of carbonyl (C=O) groups is 2. The fourth-order valence-electron chi connectivity index (χ4n) is 1.41. The van der Waals surface area contributed by atoms with Crippen molar-refractivity contribution in [3.63, 3.8) is 0 Å². The molecule has 0 bridgehead atoms. The second-order valence-electron chi connectivity index (χ2n) is 4.15. The molecule has 0 N–H and O–H groups in total. The quantitative estimate of drug-likeness (QED) is 0.595. The third-order valence-electron chi connectivity index (χ3n) is 2.48. The Kier molecular flexibility index (Phi) is 6.95. The minimum Gasteiger partial charge on any atom is -0.447 e. The molecule has 0 fully saturated rings. The maximum Gasteiger partial charge on any atom is 0.458 e. The zero-order valence-electron chi connectivity index (χ0n) is 11.7. The molecule has 0 aliphatic heterocycles. The van der Waals surface area contributed by atoms with Crippen LogP contribution in [0.1, 0.15) is 31.7 Å². The molecule has 1 aromatic rings. The number of benzene rings is 1. The van der Waals surface area contributed by atoms with Gasteiger partial charge in [-0.3, -0.25) is 0 Å². The molecule has 0 spiro atoms. The molecule has 6 heteroatoms. The number of para-hydroxylation sites is 1. The molecule has 0 heterocycles. The van der Waals surface area contributed by atoms with E-state index in [-0.39, 0.29) is 6.61 Å². The Labute approximate surface area is 117 Å². The summed E-state index contributed by atoms with van der Waals surface area (Å²) in [5.74, 6) is 0.382. The van der Waals surface area contributed by atoms with Crippen LogP contribution >= 0.6 is 0 Å². The summed E-state index contributed by atoms with van der Waals surface area (Å²) in [4.78, 5) is 22.5. The van der Waals surface area contributed by atoms with Gasteiger partial charge in [-0.25, -0.2) is 9.59 Å². The molecule has 0 saturated carbocycles. The van der Waals surface area contributed by atoms with Gasteiger partial charge in [-0.15, -0.1) is 0 Å². The first-order chi connectivity index (χ1) is 9.63. The van der Waals surface area contributed by atoms with Gasteiger partial charge in [0.15, 0.2) is 0 Å². The van der Waals surface area contributed by atoms with Crippen LogP contribution in [0.5, 0.6) is 5.75 Å². The summed E-state index contributed by atoms with van der Waals surface area (Å²) in [6, 6.07) is 6.98. The van der Waals surface area contributed by atoms with Crippen molar-refractivity contribution in [1.29, 1.82) is 0 Å². The molecule has 6 nitrogen and oxygen atoms in total. The largest absolute Gasteiger partial charge is 0.458 e. The van der Waals surface area contributed by atoms with E-state index in [1.807, 2.05) is 13.0 Å². The molecule has 0 radical (unpaired) electrons.